The predicted octanol–water partition coefficient (Wildman–Crippen LogP) is 2.73. The maximum atomic E-state index is 14.3. The molecule has 1 aliphatic rings. The lowest BCUT2D eigenvalue weighted by Gasteiger charge is -2.30. The number of fused-ring (bicyclic) bond motifs is 1. The lowest BCUT2D eigenvalue weighted by atomic mass is 10.1. The zero-order valence-corrected chi connectivity index (χ0v) is 16.8. The molecule has 0 aliphatic carbocycles. The van der Waals surface area contributed by atoms with Crippen LogP contribution < -0.4 is 10.6 Å². The normalized spacial score (nSPS) is 17.3. The Kier molecular flexibility index (Phi) is 5.38. The fraction of sp³-hybridized carbons (Fsp3) is 0.429. The van der Waals surface area contributed by atoms with Crippen molar-refractivity contribution in [3.63, 3.8) is 0 Å². The molecule has 1 aromatic carbocycles. The van der Waals surface area contributed by atoms with Crippen molar-refractivity contribution in [1.82, 2.24) is 24.8 Å². The molecule has 1 aliphatic heterocycles. The molecule has 3 aromatic rings. The highest BCUT2D eigenvalue weighted by Crippen LogP contribution is 2.29. The summed E-state index contributed by atoms with van der Waals surface area (Å²) in [5.74, 6) is 0.298. The van der Waals surface area contributed by atoms with Gasteiger partial charge < -0.3 is 15.7 Å². The first-order chi connectivity index (χ1) is 13.9. The van der Waals surface area contributed by atoms with Gasteiger partial charge in [0.25, 0.3) is 0 Å². The monoisotopic (exact) mass is 398 g/mol. The van der Waals surface area contributed by atoms with E-state index in [-0.39, 0.29) is 16.9 Å². The first-order valence-electron chi connectivity index (χ1n) is 9.96. The number of rotatable bonds is 5. The van der Waals surface area contributed by atoms with E-state index in [2.05, 4.69) is 39.5 Å². The van der Waals surface area contributed by atoms with E-state index in [4.69, 9.17) is 0 Å². The summed E-state index contributed by atoms with van der Waals surface area (Å²) in [4.78, 5) is 7.08. The average molecular weight is 398 g/mol. The van der Waals surface area contributed by atoms with Crippen LogP contribution in [0.15, 0.2) is 36.7 Å². The van der Waals surface area contributed by atoms with E-state index >= 15 is 0 Å². The summed E-state index contributed by atoms with van der Waals surface area (Å²) in [5.41, 5.74) is 1.48. The van der Waals surface area contributed by atoms with Gasteiger partial charge in [0.05, 0.1) is 6.20 Å². The van der Waals surface area contributed by atoms with Gasteiger partial charge in [-0.15, -0.1) is 0 Å². The molecule has 4 rings (SSSR count). The second-order valence-corrected chi connectivity index (χ2v) is 8.17. The minimum absolute atomic E-state index is 0.00453. The fourth-order valence-corrected chi connectivity index (χ4v) is 3.83. The molecule has 1 saturated heterocycles. The molecule has 7 nitrogen and oxygen atoms in total. The molecule has 0 atom stereocenters. The first kappa shape index (κ1) is 19.6. The Hall–Kier alpha value is -2.71. The van der Waals surface area contributed by atoms with E-state index in [9.17, 15) is 9.50 Å². The van der Waals surface area contributed by atoms with E-state index in [1.165, 1.54) is 18.2 Å². The van der Waals surface area contributed by atoms with Crippen molar-refractivity contribution in [1.29, 1.82) is 0 Å². The van der Waals surface area contributed by atoms with E-state index in [1.807, 2.05) is 6.07 Å². The van der Waals surface area contributed by atoms with Crippen molar-refractivity contribution in [2.75, 3.05) is 38.0 Å². The van der Waals surface area contributed by atoms with Crippen LogP contribution in [0.5, 0.6) is 5.75 Å². The second kappa shape index (κ2) is 7.96. The van der Waals surface area contributed by atoms with Crippen molar-refractivity contribution in [2.24, 2.45) is 0 Å². The molecule has 0 saturated carbocycles. The number of phenolic OH excluding ortho intramolecular Hbond substituents is 1. The van der Waals surface area contributed by atoms with Gasteiger partial charge in [-0.2, -0.15) is 5.10 Å². The van der Waals surface area contributed by atoms with E-state index < -0.39 is 5.82 Å². The third-order valence-electron chi connectivity index (χ3n) is 5.22. The number of aromatic nitrogens is 3. The predicted molar refractivity (Wildman–Crippen MR) is 112 cm³/mol. The molecule has 0 spiro atoms. The molecule has 0 unspecified atom stereocenters. The minimum atomic E-state index is -0.421. The number of halogens is 1. The van der Waals surface area contributed by atoms with E-state index in [1.54, 1.807) is 16.9 Å². The van der Waals surface area contributed by atoms with Crippen LogP contribution in [0.3, 0.4) is 0 Å². The van der Waals surface area contributed by atoms with Gasteiger partial charge in [0.15, 0.2) is 5.65 Å². The van der Waals surface area contributed by atoms with Gasteiger partial charge in [-0.05, 0) is 57.6 Å². The summed E-state index contributed by atoms with van der Waals surface area (Å²) in [6, 6.07) is 5.82. The van der Waals surface area contributed by atoms with Gasteiger partial charge >= 0.3 is 0 Å². The summed E-state index contributed by atoms with van der Waals surface area (Å²) < 4.78 is 15.9. The van der Waals surface area contributed by atoms with Gasteiger partial charge in [-0.3, -0.25) is 4.90 Å². The molecular formula is C21H27FN6O. The molecule has 0 radical (unpaired) electrons. The quantitative estimate of drug-likeness (QED) is 0.614. The van der Waals surface area contributed by atoms with Crippen LogP contribution in [-0.2, 0) is 0 Å². The maximum absolute atomic E-state index is 14.3. The van der Waals surface area contributed by atoms with Crippen LogP contribution >= 0.6 is 0 Å². The molecule has 3 heterocycles. The van der Waals surface area contributed by atoms with Crippen molar-refractivity contribution in [2.45, 2.75) is 25.8 Å². The number of nitrogens with zero attached hydrogens (tertiary/aromatic N) is 4. The zero-order chi connectivity index (χ0) is 20.4. The Bertz CT molecular complexity index is 1000. The molecular weight excluding hydrogens is 371 g/mol. The van der Waals surface area contributed by atoms with Gasteiger partial charge in [-0.25, -0.2) is 13.9 Å². The van der Waals surface area contributed by atoms with Crippen LogP contribution in [0.1, 0.15) is 20.3 Å². The van der Waals surface area contributed by atoms with Crippen LogP contribution in [-0.4, -0.2) is 62.9 Å². The van der Waals surface area contributed by atoms with Crippen molar-refractivity contribution in [3.05, 3.63) is 42.5 Å². The third kappa shape index (κ3) is 4.49. The highest BCUT2D eigenvalue weighted by Gasteiger charge is 2.23. The molecule has 154 valence electrons. The van der Waals surface area contributed by atoms with E-state index in [0.717, 1.165) is 39.1 Å². The molecule has 0 amide bonds. The van der Waals surface area contributed by atoms with Gasteiger partial charge in [0.2, 0.25) is 0 Å². The molecule has 2 aromatic heterocycles. The minimum Gasteiger partial charge on any atom is -0.508 e. The zero-order valence-electron chi connectivity index (χ0n) is 16.8. The summed E-state index contributed by atoms with van der Waals surface area (Å²) in [6.07, 6.45) is 4.51. The fourth-order valence-electron chi connectivity index (χ4n) is 3.83. The Morgan fingerprint density at radius 3 is 3.00 bits per heavy atom. The Balaban J connectivity index is 1.48. The lowest BCUT2D eigenvalue weighted by Crippen LogP contribution is -2.47. The Labute approximate surface area is 169 Å². The second-order valence-electron chi connectivity index (χ2n) is 8.17. The highest BCUT2D eigenvalue weighted by atomic mass is 19.1. The largest absolute Gasteiger partial charge is 0.508 e. The summed E-state index contributed by atoms with van der Waals surface area (Å²) >= 11 is 0. The molecule has 1 fully saturated rings. The van der Waals surface area contributed by atoms with Gasteiger partial charge in [0.1, 0.15) is 17.4 Å². The lowest BCUT2D eigenvalue weighted by molar-refractivity contribution is 0.238. The molecule has 29 heavy (non-hydrogen) atoms. The number of hydrogen-bond acceptors (Lipinski definition) is 6. The van der Waals surface area contributed by atoms with Gasteiger partial charge in [-0.1, -0.05) is 0 Å². The summed E-state index contributed by atoms with van der Waals surface area (Å²) in [6.45, 7) is 9.28. The summed E-state index contributed by atoms with van der Waals surface area (Å²) in [7, 11) is 0. The first-order valence-corrected chi connectivity index (χ1v) is 9.96. The number of benzene rings is 1. The van der Waals surface area contributed by atoms with E-state index in [0.29, 0.717) is 17.0 Å². The van der Waals surface area contributed by atoms with Crippen molar-refractivity contribution in [3.8, 4) is 16.9 Å². The van der Waals surface area contributed by atoms with Crippen LogP contribution in [0.4, 0.5) is 10.2 Å². The molecule has 0 bridgehead atoms. The number of anilines is 1. The number of hydrogen-bond donors (Lipinski definition) is 3. The number of phenols is 1. The Morgan fingerprint density at radius 2 is 2.14 bits per heavy atom. The van der Waals surface area contributed by atoms with Crippen molar-refractivity contribution < 1.29 is 9.50 Å². The van der Waals surface area contributed by atoms with Crippen LogP contribution in [0.2, 0.25) is 0 Å². The van der Waals surface area contributed by atoms with Crippen molar-refractivity contribution >= 4 is 11.5 Å². The molecule has 8 heteroatoms. The highest BCUT2D eigenvalue weighted by molar-refractivity contribution is 5.78. The van der Waals surface area contributed by atoms with Crippen LogP contribution in [0.25, 0.3) is 16.8 Å². The smallest absolute Gasteiger partial charge is 0.165 e. The number of nitrogens with one attached hydrogen (secondary N) is 2. The number of aromatic hydroxyl groups is 1. The Morgan fingerprint density at radius 1 is 1.28 bits per heavy atom. The topological polar surface area (TPSA) is 77.7 Å². The molecule has 3 N–H and O–H groups in total. The maximum Gasteiger partial charge on any atom is 0.165 e. The van der Waals surface area contributed by atoms with Crippen LogP contribution in [0, 0.1) is 5.82 Å². The third-order valence-corrected chi connectivity index (χ3v) is 5.22. The SMILES string of the molecule is CC1(C)CN(CCNc2ccn3ncc(-c4cc(O)ccc4F)c3n2)CCCN1. The summed E-state index contributed by atoms with van der Waals surface area (Å²) in [5, 5.41) is 20.9. The standard InChI is InChI=1S/C21H27FN6O/c1-21(2)14-27(9-3-7-24-21)11-8-23-19-6-10-28-20(26-19)17(13-25-28)16-12-15(29)4-5-18(16)22/h4-6,10,12-13,24,29H,3,7-9,11,14H2,1-2H3,(H,23,26). The average Bonchev–Trinajstić information content (AvgIpc) is 3.01. The van der Waals surface area contributed by atoms with Gasteiger partial charge in [0, 0.05) is 42.5 Å².